The van der Waals surface area contributed by atoms with Gasteiger partial charge in [-0.05, 0) is 25.1 Å². The Kier molecular flexibility index (Phi) is 4.00. The molecule has 1 aromatic rings. The fourth-order valence-corrected chi connectivity index (χ4v) is 1.12. The molecule has 2 rings (SSSR count). The van der Waals surface area contributed by atoms with Gasteiger partial charge in [-0.1, -0.05) is 19.1 Å². The van der Waals surface area contributed by atoms with Gasteiger partial charge in [-0.15, -0.1) is 0 Å². The molecule has 0 fully saturated rings. The van der Waals surface area contributed by atoms with E-state index in [-0.39, 0.29) is 11.8 Å². The summed E-state index contributed by atoms with van der Waals surface area (Å²) in [5.74, 6) is -0.601. The maximum Gasteiger partial charge on any atom is 0.258 e. The molecule has 0 saturated carbocycles. The quantitative estimate of drug-likeness (QED) is 0.671. The van der Waals surface area contributed by atoms with Crippen LogP contribution in [-0.2, 0) is 0 Å². The first-order valence-corrected chi connectivity index (χ1v) is 4.85. The first kappa shape index (κ1) is 11.4. The summed E-state index contributed by atoms with van der Waals surface area (Å²) in [7, 11) is 0. The van der Waals surface area contributed by atoms with Gasteiger partial charge in [-0.2, -0.15) is 0 Å². The Bertz CT molecular complexity index is 340. The van der Waals surface area contributed by atoms with Crippen LogP contribution in [0.25, 0.3) is 0 Å². The Morgan fingerprint density at radius 3 is 1.87 bits per heavy atom. The van der Waals surface area contributed by atoms with Crippen molar-refractivity contribution in [3.63, 3.8) is 0 Å². The fraction of sp³-hybridized carbons (Fsp3) is 0.273. The van der Waals surface area contributed by atoms with E-state index in [1.165, 1.54) is 0 Å². The van der Waals surface area contributed by atoms with Gasteiger partial charge in [0.25, 0.3) is 11.8 Å². The third kappa shape index (κ3) is 2.63. The molecule has 1 heterocycles. The summed E-state index contributed by atoms with van der Waals surface area (Å²) in [6.45, 7) is 2.88. The van der Waals surface area contributed by atoms with Crippen molar-refractivity contribution in [1.82, 2.24) is 5.32 Å². The maximum absolute atomic E-state index is 10.9. The molecule has 0 saturated heterocycles. The Morgan fingerprint density at radius 1 is 1.13 bits per heavy atom. The number of imide groups is 1. The Labute approximate surface area is 88.5 Å². The monoisotopic (exact) mass is 206 g/mol. The van der Waals surface area contributed by atoms with Crippen LogP contribution in [-0.4, -0.2) is 18.4 Å². The fourth-order valence-electron chi connectivity index (χ4n) is 1.12. The molecule has 2 amide bonds. The average Bonchev–Trinajstić information content (AvgIpc) is 2.56. The molecule has 1 aliphatic heterocycles. The highest BCUT2D eigenvalue weighted by Gasteiger charge is 2.25. The van der Waals surface area contributed by atoms with Crippen LogP contribution in [0.3, 0.4) is 0 Å². The average molecular weight is 206 g/mol. The topological polar surface area (TPSA) is 72.2 Å². The molecule has 0 spiro atoms. The minimum Gasteiger partial charge on any atom is -0.330 e. The van der Waals surface area contributed by atoms with Crippen LogP contribution in [0.15, 0.2) is 24.3 Å². The summed E-state index contributed by atoms with van der Waals surface area (Å²) in [4.78, 5) is 21.9. The predicted octanol–water partition coefficient (Wildman–Crippen LogP) is 0.925. The van der Waals surface area contributed by atoms with Crippen LogP contribution < -0.4 is 11.1 Å². The number of amides is 2. The third-order valence-corrected chi connectivity index (χ3v) is 1.93. The molecule has 1 aliphatic rings. The lowest BCUT2D eigenvalue weighted by molar-refractivity contribution is 0.0879. The molecule has 0 aliphatic carbocycles. The Balaban J connectivity index is 0.000000245. The Hall–Kier alpha value is -1.68. The second-order valence-electron chi connectivity index (χ2n) is 3.12. The number of hydrogen-bond donors (Lipinski definition) is 2. The molecular weight excluding hydrogens is 192 g/mol. The summed E-state index contributed by atoms with van der Waals surface area (Å²) < 4.78 is 0. The van der Waals surface area contributed by atoms with Gasteiger partial charge in [0.15, 0.2) is 0 Å². The maximum atomic E-state index is 10.9. The number of fused-ring (bicyclic) bond motifs is 1. The highest BCUT2D eigenvalue weighted by molar-refractivity contribution is 6.21. The van der Waals surface area contributed by atoms with Gasteiger partial charge in [0, 0.05) is 0 Å². The summed E-state index contributed by atoms with van der Waals surface area (Å²) >= 11 is 0. The standard InChI is InChI=1S/C8H5NO2.C3H9N/c10-7-5-3-1-2-4-6(5)8(11)9-7;1-2-3-4/h1-4H,(H,9,10,11);2-4H2,1H3. The number of carbonyl (C=O) groups is 2. The van der Waals surface area contributed by atoms with Crippen molar-refractivity contribution in [3.8, 4) is 0 Å². The number of rotatable bonds is 1. The van der Waals surface area contributed by atoms with Crippen molar-refractivity contribution in [3.05, 3.63) is 35.4 Å². The summed E-state index contributed by atoms with van der Waals surface area (Å²) in [6, 6.07) is 6.74. The van der Waals surface area contributed by atoms with Gasteiger partial charge in [0.2, 0.25) is 0 Å². The number of nitrogens with two attached hydrogens (primary N) is 1. The highest BCUT2D eigenvalue weighted by Crippen LogP contribution is 2.13. The van der Waals surface area contributed by atoms with E-state index in [4.69, 9.17) is 5.73 Å². The molecule has 0 radical (unpaired) electrons. The van der Waals surface area contributed by atoms with E-state index in [2.05, 4.69) is 12.2 Å². The van der Waals surface area contributed by atoms with Crippen molar-refractivity contribution in [2.45, 2.75) is 13.3 Å². The van der Waals surface area contributed by atoms with E-state index in [9.17, 15) is 9.59 Å². The van der Waals surface area contributed by atoms with Gasteiger partial charge in [-0.3, -0.25) is 14.9 Å². The molecule has 3 N–H and O–H groups in total. The van der Waals surface area contributed by atoms with E-state index in [1.54, 1.807) is 24.3 Å². The number of benzene rings is 1. The van der Waals surface area contributed by atoms with E-state index in [1.807, 2.05) is 0 Å². The van der Waals surface area contributed by atoms with Crippen LogP contribution in [0.2, 0.25) is 0 Å². The molecular formula is C11H14N2O2. The normalized spacial score (nSPS) is 12.7. The lowest BCUT2D eigenvalue weighted by Crippen LogP contribution is -2.19. The SMILES string of the molecule is CCCN.O=C1NC(=O)c2ccccc21. The molecule has 80 valence electrons. The van der Waals surface area contributed by atoms with E-state index >= 15 is 0 Å². The molecule has 0 atom stereocenters. The van der Waals surface area contributed by atoms with Crippen molar-refractivity contribution in [2.75, 3.05) is 6.54 Å². The lowest BCUT2D eigenvalue weighted by Gasteiger charge is -1.88. The molecule has 0 aromatic heterocycles. The molecule has 0 unspecified atom stereocenters. The van der Waals surface area contributed by atoms with Gasteiger partial charge < -0.3 is 5.73 Å². The number of nitrogens with one attached hydrogen (secondary N) is 1. The summed E-state index contributed by atoms with van der Waals surface area (Å²) in [5, 5.41) is 2.20. The smallest absolute Gasteiger partial charge is 0.258 e. The van der Waals surface area contributed by atoms with Crippen LogP contribution in [0.1, 0.15) is 34.1 Å². The molecule has 15 heavy (non-hydrogen) atoms. The third-order valence-electron chi connectivity index (χ3n) is 1.93. The van der Waals surface area contributed by atoms with Crippen LogP contribution in [0.4, 0.5) is 0 Å². The minimum atomic E-state index is -0.300. The van der Waals surface area contributed by atoms with Gasteiger partial charge >= 0.3 is 0 Å². The zero-order chi connectivity index (χ0) is 11.3. The lowest BCUT2D eigenvalue weighted by atomic mass is 10.1. The van der Waals surface area contributed by atoms with Crippen molar-refractivity contribution < 1.29 is 9.59 Å². The van der Waals surface area contributed by atoms with Crippen molar-refractivity contribution >= 4 is 11.8 Å². The van der Waals surface area contributed by atoms with E-state index in [0.29, 0.717) is 11.1 Å². The van der Waals surface area contributed by atoms with E-state index in [0.717, 1.165) is 13.0 Å². The van der Waals surface area contributed by atoms with E-state index < -0.39 is 0 Å². The van der Waals surface area contributed by atoms with Crippen LogP contribution in [0, 0.1) is 0 Å². The summed E-state index contributed by atoms with van der Waals surface area (Å²) in [6.07, 6.45) is 1.10. The summed E-state index contributed by atoms with van der Waals surface area (Å²) in [5.41, 5.74) is 5.97. The number of carbonyl (C=O) groups excluding carboxylic acids is 2. The predicted molar refractivity (Wildman–Crippen MR) is 57.6 cm³/mol. The van der Waals surface area contributed by atoms with Crippen LogP contribution >= 0.6 is 0 Å². The largest absolute Gasteiger partial charge is 0.330 e. The highest BCUT2D eigenvalue weighted by atomic mass is 16.2. The van der Waals surface area contributed by atoms with Gasteiger partial charge in [0.05, 0.1) is 11.1 Å². The second-order valence-corrected chi connectivity index (χ2v) is 3.12. The zero-order valence-electron chi connectivity index (χ0n) is 8.62. The molecule has 4 nitrogen and oxygen atoms in total. The van der Waals surface area contributed by atoms with Crippen molar-refractivity contribution in [1.29, 1.82) is 0 Å². The second kappa shape index (κ2) is 5.26. The first-order chi connectivity index (χ1) is 7.20. The zero-order valence-corrected chi connectivity index (χ0v) is 8.62. The minimum absolute atomic E-state index is 0.300. The Morgan fingerprint density at radius 2 is 1.53 bits per heavy atom. The molecule has 0 bridgehead atoms. The molecule has 1 aromatic carbocycles. The number of hydrogen-bond acceptors (Lipinski definition) is 3. The van der Waals surface area contributed by atoms with Gasteiger partial charge in [0.1, 0.15) is 0 Å². The molecule has 4 heteroatoms. The van der Waals surface area contributed by atoms with Gasteiger partial charge in [-0.25, -0.2) is 0 Å². The first-order valence-electron chi connectivity index (χ1n) is 4.85. The van der Waals surface area contributed by atoms with Crippen molar-refractivity contribution in [2.24, 2.45) is 5.73 Å². The van der Waals surface area contributed by atoms with Crippen LogP contribution in [0.5, 0.6) is 0 Å².